The molecule has 0 amide bonds. The molecule has 0 bridgehead atoms. The smallest absolute Gasteiger partial charge is 0.339 e. The molecule has 0 heterocycles. The van der Waals surface area contributed by atoms with Crippen molar-refractivity contribution in [2.75, 3.05) is 7.11 Å². The number of carbonyl (C=O) groups is 1. The van der Waals surface area contributed by atoms with Crippen LogP contribution >= 0.6 is 11.8 Å². The quantitative estimate of drug-likeness (QED) is 0.799. The number of hydrogen-bond donors (Lipinski definition) is 0. The van der Waals surface area contributed by atoms with E-state index in [1.807, 2.05) is 12.1 Å². The zero-order chi connectivity index (χ0) is 15.2. The van der Waals surface area contributed by atoms with Gasteiger partial charge in [0, 0.05) is 9.79 Å². The molecule has 2 aromatic rings. The lowest BCUT2D eigenvalue weighted by molar-refractivity contribution is 0.0600. The molecule has 0 N–H and O–H groups in total. The Bertz CT molecular complexity index is 687. The van der Waals surface area contributed by atoms with Gasteiger partial charge in [-0.15, -0.1) is 0 Å². The van der Waals surface area contributed by atoms with Crippen LogP contribution in [0.25, 0.3) is 0 Å². The van der Waals surface area contributed by atoms with Crippen LogP contribution in [0.15, 0.2) is 52.3 Å². The highest BCUT2D eigenvalue weighted by Crippen LogP contribution is 2.29. The predicted molar refractivity (Wildman–Crippen MR) is 82.4 cm³/mol. The van der Waals surface area contributed by atoms with Gasteiger partial charge in [-0.25, -0.2) is 4.79 Å². The minimum absolute atomic E-state index is 0.301. The molecular formula is C17H15NO2S. The van der Waals surface area contributed by atoms with Crippen molar-refractivity contribution >= 4 is 17.7 Å². The van der Waals surface area contributed by atoms with Crippen molar-refractivity contribution in [2.24, 2.45) is 0 Å². The van der Waals surface area contributed by atoms with Crippen LogP contribution in [0.3, 0.4) is 0 Å². The summed E-state index contributed by atoms with van der Waals surface area (Å²) in [6, 6.07) is 15.5. The van der Waals surface area contributed by atoms with Gasteiger partial charge in [-0.1, -0.05) is 30.8 Å². The lowest BCUT2D eigenvalue weighted by Crippen LogP contribution is -2.04. The summed E-state index contributed by atoms with van der Waals surface area (Å²) >= 11 is 1.55. The van der Waals surface area contributed by atoms with Gasteiger partial charge in [-0.3, -0.25) is 0 Å². The van der Waals surface area contributed by atoms with E-state index in [-0.39, 0.29) is 0 Å². The zero-order valence-corrected chi connectivity index (χ0v) is 12.7. The van der Waals surface area contributed by atoms with Crippen molar-refractivity contribution in [1.82, 2.24) is 0 Å². The highest BCUT2D eigenvalue weighted by Gasteiger charge is 2.13. The van der Waals surface area contributed by atoms with Gasteiger partial charge in [0.05, 0.1) is 18.2 Å². The molecule has 0 radical (unpaired) electrons. The van der Waals surface area contributed by atoms with Crippen molar-refractivity contribution in [2.45, 2.75) is 23.1 Å². The monoisotopic (exact) mass is 297 g/mol. The van der Waals surface area contributed by atoms with Gasteiger partial charge in [0.15, 0.2) is 0 Å². The van der Waals surface area contributed by atoms with Crippen LogP contribution in [-0.2, 0) is 11.2 Å². The van der Waals surface area contributed by atoms with E-state index in [0.29, 0.717) is 11.1 Å². The number of methoxy groups -OCH3 is 1. The Labute approximate surface area is 128 Å². The lowest BCUT2D eigenvalue weighted by Gasteiger charge is -2.06. The second-order valence-electron chi connectivity index (χ2n) is 4.41. The topological polar surface area (TPSA) is 50.1 Å². The standard InChI is InChI=1S/C17H15NO2S/c1-3-12-4-7-14(8-5-12)21-15-9-6-13(11-18)16(10-15)17(19)20-2/h4-10H,3H2,1-2H3. The van der Waals surface area contributed by atoms with Gasteiger partial charge in [0.25, 0.3) is 0 Å². The number of ether oxygens (including phenoxy) is 1. The summed E-state index contributed by atoms with van der Waals surface area (Å²) in [6.45, 7) is 2.12. The molecule has 0 atom stereocenters. The van der Waals surface area contributed by atoms with Crippen LogP contribution in [-0.4, -0.2) is 13.1 Å². The zero-order valence-electron chi connectivity index (χ0n) is 11.9. The maximum atomic E-state index is 11.7. The molecule has 0 aliphatic rings. The molecule has 0 saturated heterocycles. The second-order valence-corrected chi connectivity index (χ2v) is 5.56. The minimum atomic E-state index is -0.490. The van der Waals surface area contributed by atoms with Crippen LogP contribution in [0.4, 0.5) is 0 Å². The Morgan fingerprint density at radius 2 is 1.86 bits per heavy atom. The molecule has 0 fully saturated rings. The van der Waals surface area contributed by atoms with Gasteiger partial charge in [-0.05, 0) is 42.3 Å². The lowest BCUT2D eigenvalue weighted by atomic mass is 10.1. The first-order valence-corrected chi connectivity index (χ1v) is 7.38. The molecule has 4 heteroatoms. The number of aryl methyl sites for hydroxylation is 1. The summed E-state index contributed by atoms with van der Waals surface area (Å²) in [5.41, 5.74) is 1.91. The number of rotatable bonds is 4. The third kappa shape index (κ3) is 3.65. The van der Waals surface area contributed by atoms with Crippen molar-refractivity contribution < 1.29 is 9.53 Å². The third-order valence-corrected chi connectivity index (χ3v) is 4.08. The average Bonchev–Trinajstić information content (AvgIpc) is 2.54. The van der Waals surface area contributed by atoms with Crippen LogP contribution in [0, 0.1) is 11.3 Å². The molecule has 2 aromatic carbocycles. The van der Waals surface area contributed by atoms with E-state index >= 15 is 0 Å². The summed E-state index contributed by atoms with van der Waals surface area (Å²) in [4.78, 5) is 13.7. The van der Waals surface area contributed by atoms with Gasteiger partial charge in [0.2, 0.25) is 0 Å². The number of nitriles is 1. The first kappa shape index (κ1) is 15.1. The molecule has 2 rings (SSSR count). The first-order valence-electron chi connectivity index (χ1n) is 6.57. The van der Waals surface area contributed by atoms with Crippen LogP contribution in [0.1, 0.15) is 28.4 Å². The van der Waals surface area contributed by atoms with E-state index in [0.717, 1.165) is 16.2 Å². The predicted octanol–water partition coefficient (Wildman–Crippen LogP) is 4.06. The van der Waals surface area contributed by atoms with Crippen molar-refractivity contribution in [3.8, 4) is 6.07 Å². The van der Waals surface area contributed by atoms with Crippen molar-refractivity contribution in [3.05, 3.63) is 59.2 Å². The molecule has 3 nitrogen and oxygen atoms in total. The molecule has 0 saturated carbocycles. The fourth-order valence-electron chi connectivity index (χ4n) is 1.89. The van der Waals surface area contributed by atoms with E-state index < -0.39 is 5.97 Å². The Balaban J connectivity index is 2.28. The normalized spacial score (nSPS) is 9.95. The van der Waals surface area contributed by atoms with E-state index in [2.05, 4.69) is 31.2 Å². The first-order chi connectivity index (χ1) is 10.2. The molecule has 21 heavy (non-hydrogen) atoms. The van der Waals surface area contributed by atoms with Gasteiger partial charge in [-0.2, -0.15) is 5.26 Å². The summed E-state index contributed by atoms with van der Waals surface area (Å²) in [7, 11) is 1.31. The fraction of sp³-hybridized carbons (Fsp3) is 0.176. The van der Waals surface area contributed by atoms with E-state index in [1.165, 1.54) is 12.7 Å². The van der Waals surface area contributed by atoms with Crippen molar-refractivity contribution in [3.63, 3.8) is 0 Å². The van der Waals surface area contributed by atoms with Crippen LogP contribution in [0.2, 0.25) is 0 Å². The Morgan fingerprint density at radius 3 is 2.43 bits per heavy atom. The molecule has 0 aliphatic heterocycles. The van der Waals surface area contributed by atoms with Gasteiger partial charge < -0.3 is 4.74 Å². The number of esters is 1. The molecule has 0 aliphatic carbocycles. The summed E-state index contributed by atoms with van der Waals surface area (Å²) in [5.74, 6) is -0.490. The van der Waals surface area contributed by atoms with Gasteiger partial charge >= 0.3 is 5.97 Å². The maximum absolute atomic E-state index is 11.7. The van der Waals surface area contributed by atoms with E-state index in [4.69, 9.17) is 10.00 Å². The third-order valence-electron chi connectivity index (χ3n) is 3.08. The Morgan fingerprint density at radius 1 is 1.19 bits per heavy atom. The minimum Gasteiger partial charge on any atom is -0.465 e. The summed E-state index contributed by atoms with van der Waals surface area (Å²) in [5, 5.41) is 9.04. The van der Waals surface area contributed by atoms with Gasteiger partial charge in [0.1, 0.15) is 6.07 Å². The van der Waals surface area contributed by atoms with Crippen molar-refractivity contribution in [1.29, 1.82) is 5.26 Å². The summed E-state index contributed by atoms with van der Waals surface area (Å²) in [6.07, 6.45) is 1.01. The number of nitrogens with zero attached hydrogens (tertiary/aromatic N) is 1. The summed E-state index contributed by atoms with van der Waals surface area (Å²) < 4.78 is 4.71. The molecule has 0 aromatic heterocycles. The Hall–Kier alpha value is -2.25. The number of benzene rings is 2. The number of carbonyl (C=O) groups excluding carboxylic acids is 1. The highest BCUT2D eigenvalue weighted by atomic mass is 32.2. The highest BCUT2D eigenvalue weighted by molar-refractivity contribution is 7.99. The number of hydrogen-bond acceptors (Lipinski definition) is 4. The SMILES string of the molecule is CCc1ccc(Sc2ccc(C#N)c(C(=O)OC)c2)cc1. The fourth-order valence-corrected chi connectivity index (χ4v) is 2.75. The molecule has 106 valence electrons. The maximum Gasteiger partial charge on any atom is 0.339 e. The van der Waals surface area contributed by atoms with E-state index in [1.54, 1.807) is 23.9 Å². The largest absolute Gasteiger partial charge is 0.465 e. The average molecular weight is 297 g/mol. The Kier molecular flexibility index (Phi) is 5.02. The molecular weight excluding hydrogens is 282 g/mol. The molecule has 0 spiro atoms. The van der Waals surface area contributed by atoms with Crippen LogP contribution < -0.4 is 0 Å². The second kappa shape index (κ2) is 6.96. The van der Waals surface area contributed by atoms with E-state index in [9.17, 15) is 4.79 Å². The molecule has 0 unspecified atom stereocenters. The van der Waals surface area contributed by atoms with Crippen LogP contribution in [0.5, 0.6) is 0 Å².